The summed E-state index contributed by atoms with van der Waals surface area (Å²) in [5.74, 6) is 0.106. The minimum atomic E-state index is -0.0491. The average Bonchev–Trinajstić information content (AvgIpc) is 2.14. The zero-order valence-electron chi connectivity index (χ0n) is 10.2. The number of anilines is 1. The van der Waals surface area contributed by atoms with Crippen molar-refractivity contribution in [3.8, 4) is 0 Å². The Labute approximate surface area is 96.4 Å². The summed E-state index contributed by atoms with van der Waals surface area (Å²) in [6.45, 7) is 7.95. The molecule has 0 saturated heterocycles. The van der Waals surface area contributed by atoms with Crippen molar-refractivity contribution >= 4 is 17.0 Å². The highest BCUT2D eigenvalue weighted by Crippen LogP contribution is 2.33. The van der Waals surface area contributed by atoms with Crippen molar-refractivity contribution in [1.29, 1.82) is 0 Å². The summed E-state index contributed by atoms with van der Waals surface area (Å²) in [5.41, 5.74) is 4.21. The summed E-state index contributed by atoms with van der Waals surface area (Å²) in [6, 6.07) is 5.84. The van der Waals surface area contributed by atoms with E-state index < -0.39 is 0 Å². The van der Waals surface area contributed by atoms with Gasteiger partial charge in [0, 0.05) is 16.8 Å². The molecule has 0 radical (unpaired) electrons. The molecule has 1 aromatic rings. The number of hydrogen-bond acceptors (Lipinski definition) is 2. The van der Waals surface area contributed by atoms with Gasteiger partial charge in [-0.2, -0.15) is 0 Å². The normalized spacial score (nSPS) is 17.1. The molecule has 0 amide bonds. The lowest BCUT2D eigenvalue weighted by molar-refractivity contribution is 0.101. The minimum Gasteiger partial charge on any atom is -0.376 e. The Morgan fingerprint density at radius 3 is 2.62 bits per heavy atom. The molecule has 0 fully saturated rings. The summed E-state index contributed by atoms with van der Waals surface area (Å²) in [4.78, 5) is 11.3. The molecule has 0 saturated carbocycles. The lowest BCUT2D eigenvalue weighted by Gasteiger charge is -2.31. The van der Waals surface area contributed by atoms with Gasteiger partial charge in [-0.15, -0.1) is 0 Å². The second-order valence-corrected chi connectivity index (χ2v) is 4.99. The van der Waals surface area contributed by atoms with Crippen molar-refractivity contribution in [2.24, 2.45) is 0 Å². The molecule has 0 aromatic heterocycles. The third kappa shape index (κ3) is 1.87. The molecular weight excluding hydrogens is 198 g/mol. The van der Waals surface area contributed by atoms with Crippen molar-refractivity contribution in [3.63, 3.8) is 0 Å². The van der Waals surface area contributed by atoms with Gasteiger partial charge in [0.15, 0.2) is 5.78 Å². The van der Waals surface area contributed by atoms with E-state index in [2.05, 4.69) is 32.2 Å². The van der Waals surface area contributed by atoms with Crippen LogP contribution in [0.25, 0.3) is 5.57 Å². The number of ketones is 1. The van der Waals surface area contributed by atoms with Crippen LogP contribution in [0.1, 0.15) is 43.6 Å². The number of allylic oxidation sites excluding steroid dienone is 1. The first-order chi connectivity index (χ1) is 7.39. The Morgan fingerprint density at radius 1 is 1.31 bits per heavy atom. The molecule has 1 aliphatic heterocycles. The van der Waals surface area contributed by atoms with Gasteiger partial charge < -0.3 is 5.32 Å². The van der Waals surface area contributed by atoms with Crippen molar-refractivity contribution < 1.29 is 4.79 Å². The molecule has 16 heavy (non-hydrogen) atoms. The Hall–Kier alpha value is -1.57. The molecule has 1 aliphatic rings. The third-order valence-corrected chi connectivity index (χ3v) is 2.89. The number of Topliss-reactive ketones (excluding diaryl/α,β-unsaturated/α-hetero) is 1. The van der Waals surface area contributed by atoms with E-state index >= 15 is 0 Å². The van der Waals surface area contributed by atoms with E-state index in [4.69, 9.17) is 0 Å². The molecule has 0 unspecified atom stereocenters. The van der Waals surface area contributed by atoms with Crippen LogP contribution in [-0.4, -0.2) is 11.3 Å². The van der Waals surface area contributed by atoms with E-state index in [1.54, 1.807) is 6.92 Å². The third-order valence-electron chi connectivity index (χ3n) is 2.89. The average molecular weight is 215 g/mol. The van der Waals surface area contributed by atoms with Crippen molar-refractivity contribution in [2.45, 2.75) is 33.2 Å². The lowest BCUT2D eigenvalue weighted by Crippen LogP contribution is -2.31. The van der Waals surface area contributed by atoms with Crippen LogP contribution < -0.4 is 5.32 Å². The highest BCUT2D eigenvalue weighted by Gasteiger charge is 2.22. The molecule has 2 nitrogen and oxygen atoms in total. The monoisotopic (exact) mass is 215 g/mol. The topological polar surface area (TPSA) is 29.1 Å². The van der Waals surface area contributed by atoms with Crippen molar-refractivity contribution in [1.82, 2.24) is 0 Å². The number of rotatable bonds is 1. The predicted molar refractivity (Wildman–Crippen MR) is 67.8 cm³/mol. The van der Waals surface area contributed by atoms with Crippen LogP contribution in [0.5, 0.6) is 0 Å². The zero-order valence-corrected chi connectivity index (χ0v) is 10.2. The Kier molecular flexibility index (Phi) is 2.38. The van der Waals surface area contributed by atoms with Gasteiger partial charge in [-0.25, -0.2) is 0 Å². The first-order valence-electron chi connectivity index (χ1n) is 5.52. The molecule has 0 atom stereocenters. The van der Waals surface area contributed by atoms with Crippen molar-refractivity contribution in [3.05, 3.63) is 35.4 Å². The summed E-state index contributed by atoms with van der Waals surface area (Å²) in [7, 11) is 0. The second-order valence-electron chi connectivity index (χ2n) is 4.99. The van der Waals surface area contributed by atoms with Gasteiger partial charge in [-0.3, -0.25) is 4.79 Å². The Morgan fingerprint density at radius 2 is 2.00 bits per heavy atom. The van der Waals surface area contributed by atoms with Gasteiger partial charge in [-0.05, 0) is 39.3 Å². The molecule has 0 spiro atoms. The van der Waals surface area contributed by atoms with E-state index in [1.165, 1.54) is 11.1 Å². The number of fused-ring (bicyclic) bond motifs is 1. The number of nitrogens with one attached hydrogen (secondary N) is 1. The molecule has 1 aromatic carbocycles. The quantitative estimate of drug-likeness (QED) is 0.726. The Balaban J connectivity index is 2.54. The standard InChI is InChI=1S/C14H17NO/c1-9-8-14(3,4)15-13-7-11(10(2)16)5-6-12(9)13/h5-8,15H,1-4H3. The lowest BCUT2D eigenvalue weighted by atomic mass is 9.90. The van der Waals surface area contributed by atoms with Gasteiger partial charge >= 0.3 is 0 Å². The zero-order chi connectivity index (χ0) is 11.9. The van der Waals surface area contributed by atoms with E-state index in [9.17, 15) is 4.79 Å². The SMILES string of the molecule is CC(=O)c1ccc2c(c1)NC(C)(C)C=C2C. The van der Waals surface area contributed by atoms with E-state index in [1.807, 2.05) is 18.2 Å². The van der Waals surface area contributed by atoms with Crippen LogP contribution in [-0.2, 0) is 0 Å². The molecule has 1 heterocycles. The van der Waals surface area contributed by atoms with Crippen LogP contribution in [0.4, 0.5) is 5.69 Å². The van der Waals surface area contributed by atoms with Gasteiger partial charge in [0.2, 0.25) is 0 Å². The van der Waals surface area contributed by atoms with E-state index in [-0.39, 0.29) is 11.3 Å². The molecule has 0 aliphatic carbocycles. The fourth-order valence-corrected chi connectivity index (χ4v) is 2.21. The largest absolute Gasteiger partial charge is 0.376 e. The summed E-state index contributed by atoms with van der Waals surface area (Å²) in [5, 5.41) is 3.43. The molecule has 2 heteroatoms. The maximum atomic E-state index is 11.3. The maximum absolute atomic E-state index is 11.3. The van der Waals surface area contributed by atoms with Crippen molar-refractivity contribution in [2.75, 3.05) is 5.32 Å². The van der Waals surface area contributed by atoms with Gasteiger partial charge in [0.25, 0.3) is 0 Å². The fourth-order valence-electron chi connectivity index (χ4n) is 2.21. The summed E-state index contributed by atoms with van der Waals surface area (Å²) >= 11 is 0. The molecular formula is C14H17NO. The maximum Gasteiger partial charge on any atom is 0.159 e. The van der Waals surface area contributed by atoms with Crippen LogP contribution in [0.2, 0.25) is 0 Å². The predicted octanol–water partition coefficient (Wildman–Crippen LogP) is 3.50. The second kappa shape index (κ2) is 3.48. The highest BCUT2D eigenvalue weighted by molar-refractivity contribution is 5.96. The van der Waals surface area contributed by atoms with Crippen LogP contribution in [0.3, 0.4) is 0 Å². The Bertz CT molecular complexity index is 484. The molecule has 84 valence electrons. The minimum absolute atomic E-state index is 0.0491. The molecule has 0 bridgehead atoms. The highest BCUT2D eigenvalue weighted by atomic mass is 16.1. The fraction of sp³-hybridized carbons (Fsp3) is 0.357. The first kappa shape index (κ1) is 10.9. The first-order valence-corrected chi connectivity index (χ1v) is 5.52. The van der Waals surface area contributed by atoms with Gasteiger partial charge in [-0.1, -0.05) is 18.2 Å². The van der Waals surface area contributed by atoms with E-state index in [0.29, 0.717) is 0 Å². The van der Waals surface area contributed by atoms with Crippen LogP contribution in [0.15, 0.2) is 24.3 Å². The summed E-state index contributed by atoms with van der Waals surface area (Å²) in [6.07, 6.45) is 2.21. The smallest absolute Gasteiger partial charge is 0.159 e. The number of benzene rings is 1. The van der Waals surface area contributed by atoms with E-state index in [0.717, 1.165) is 11.3 Å². The van der Waals surface area contributed by atoms with Crippen LogP contribution >= 0.6 is 0 Å². The number of hydrogen-bond donors (Lipinski definition) is 1. The molecule has 2 rings (SSSR count). The van der Waals surface area contributed by atoms with Gasteiger partial charge in [0.1, 0.15) is 0 Å². The summed E-state index contributed by atoms with van der Waals surface area (Å²) < 4.78 is 0. The van der Waals surface area contributed by atoms with Crippen LogP contribution in [0, 0.1) is 0 Å². The number of carbonyl (C=O) groups excluding carboxylic acids is 1. The number of carbonyl (C=O) groups is 1. The van der Waals surface area contributed by atoms with Gasteiger partial charge in [0.05, 0.1) is 5.54 Å². The molecule has 1 N–H and O–H groups in total.